The fourth-order valence-electron chi connectivity index (χ4n) is 1.75. The summed E-state index contributed by atoms with van der Waals surface area (Å²) in [6.07, 6.45) is -0.166. The van der Waals surface area contributed by atoms with E-state index >= 15 is 0 Å². The minimum absolute atomic E-state index is 0.163. The van der Waals surface area contributed by atoms with E-state index in [2.05, 4.69) is 17.2 Å². The summed E-state index contributed by atoms with van der Waals surface area (Å²) in [4.78, 5) is 12.1. The maximum absolute atomic E-state index is 12.1. The molecule has 1 rings (SSSR count). The van der Waals surface area contributed by atoms with Crippen molar-refractivity contribution in [3.05, 3.63) is 34.9 Å². The minimum atomic E-state index is -0.166. The lowest BCUT2D eigenvalue weighted by atomic mass is 10.0. The van der Waals surface area contributed by atoms with Gasteiger partial charge in [-0.05, 0) is 24.6 Å². The molecule has 114 valence electrons. The van der Waals surface area contributed by atoms with E-state index in [1.165, 1.54) is 0 Å². The zero-order chi connectivity index (χ0) is 15.7. The second-order valence-electron chi connectivity index (χ2n) is 4.56. The number of aryl methyl sites for hydroxylation is 1. The van der Waals surface area contributed by atoms with E-state index in [0.29, 0.717) is 25.3 Å². The minimum Gasteiger partial charge on any atom is -0.382 e. The molecule has 3 N–H and O–H groups in total. The smallest absolute Gasteiger partial charge is 0.251 e. The van der Waals surface area contributed by atoms with Crippen molar-refractivity contribution in [1.82, 2.24) is 5.32 Å². The number of nitrogens with two attached hydrogens (primary N) is 1. The van der Waals surface area contributed by atoms with Crippen molar-refractivity contribution in [2.45, 2.75) is 13.0 Å². The summed E-state index contributed by atoms with van der Waals surface area (Å²) in [5, 5.41) is 2.82. The highest BCUT2D eigenvalue weighted by atomic mass is 16.5. The molecule has 0 aliphatic heterocycles. The van der Waals surface area contributed by atoms with Gasteiger partial charge in [0.2, 0.25) is 0 Å². The Hall–Kier alpha value is -1.87. The van der Waals surface area contributed by atoms with Crippen LogP contribution in [0.4, 0.5) is 0 Å². The van der Waals surface area contributed by atoms with E-state index in [1.54, 1.807) is 26.4 Å². The first kappa shape index (κ1) is 17.2. The topological polar surface area (TPSA) is 73.6 Å². The number of carbonyl (C=O) groups excluding carboxylic acids is 1. The standard InChI is InChI=1S/C16H22N2O3/c1-12-6-7-14(9-13(12)5-4-8-17)16(19)18-10-15(21-3)11-20-2/h6-7,9,15H,8,10-11,17H2,1-3H3,(H,18,19). The molecule has 1 unspecified atom stereocenters. The van der Waals surface area contributed by atoms with Crippen LogP contribution in [0.1, 0.15) is 21.5 Å². The SMILES string of the molecule is COCC(CNC(=O)c1ccc(C)c(C#CCN)c1)OC. The molecule has 1 aromatic carbocycles. The van der Waals surface area contributed by atoms with Crippen LogP contribution in [0, 0.1) is 18.8 Å². The first-order valence-electron chi connectivity index (χ1n) is 6.71. The summed E-state index contributed by atoms with van der Waals surface area (Å²) in [6.45, 7) is 3.06. The predicted molar refractivity (Wildman–Crippen MR) is 82.1 cm³/mol. The summed E-state index contributed by atoms with van der Waals surface area (Å²) < 4.78 is 10.2. The number of amides is 1. The number of methoxy groups -OCH3 is 2. The second-order valence-corrected chi connectivity index (χ2v) is 4.56. The van der Waals surface area contributed by atoms with Crippen molar-refractivity contribution in [2.24, 2.45) is 5.73 Å². The summed E-state index contributed by atoms with van der Waals surface area (Å²) in [7, 11) is 3.18. The molecular weight excluding hydrogens is 268 g/mol. The number of nitrogens with one attached hydrogen (secondary N) is 1. The Labute approximate surface area is 125 Å². The van der Waals surface area contributed by atoms with Crippen molar-refractivity contribution in [2.75, 3.05) is 33.9 Å². The number of carbonyl (C=O) groups is 1. The van der Waals surface area contributed by atoms with Gasteiger partial charge in [-0.2, -0.15) is 0 Å². The fourth-order valence-corrected chi connectivity index (χ4v) is 1.75. The Balaban J connectivity index is 2.74. The maximum Gasteiger partial charge on any atom is 0.251 e. The first-order chi connectivity index (χ1) is 10.1. The average Bonchev–Trinajstić information content (AvgIpc) is 2.50. The highest BCUT2D eigenvalue weighted by Gasteiger charge is 2.11. The number of rotatable bonds is 6. The van der Waals surface area contributed by atoms with E-state index in [9.17, 15) is 4.79 Å². The molecular formula is C16H22N2O3. The zero-order valence-corrected chi connectivity index (χ0v) is 12.7. The molecule has 0 saturated carbocycles. The third-order valence-corrected chi connectivity index (χ3v) is 3.00. The molecule has 0 heterocycles. The second kappa shape index (κ2) is 9.14. The Kier molecular flexibility index (Phi) is 7.48. The van der Waals surface area contributed by atoms with Crippen LogP contribution in [0.2, 0.25) is 0 Å². The Morgan fingerprint density at radius 3 is 2.81 bits per heavy atom. The van der Waals surface area contributed by atoms with E-state index in [-0.39, 0.29) is 12.0 Å². The largest absolute Gasteiger partial charge is 0.382 e. The Morgan fingerprint density at radius 2 is 2.19 bits per heavy atom. The van der Waals surface area contributed by atoms with Gasteiger partial charge in [-0.1, -0.05) is 17.9 Å². The summed E-state index contributed by atoms with van der Waals surface area (Å²) >= 11 is 0. The lowest BCUT2D eigenvalue weighted by molar-refractivity contribution is 0.0285. The Morgan fingerprint density at radius 1 is 1.43 bits per heavy atom. The molecule has 0 aliphatic rings. The highest BCUT2D eigenvalue weighted by Crippen LogP contribution is 2.10. The molecule has 0 bridgehead atoms. The maximum atomic E-state index is 12.1. The fraction of sp³-hybridized carbons (Fsp3) is 0.438. The Bertz CT molecular complexity index is 532. The number of benzene rings is 1. The third kappa shape index (κ3) is 5.56. The lowest BCUT2D eigenvalue weighted by Gasteiger charge is -2.15. The molecule has 0 spiro atoms. The van der Waals surface area contributed by atoms with Gasteiger partial charge in [-0.3, -0.25) is 4.79 Å². The number of ether oxygens (including phenoxy) is 2. The predicted octanol–water partition coefficient (Wildman–Crippen LogP) is 0.696. The molecule has 1 atom stereocenters. The molecule has 0 aromatic heterocycles. The van der Waals surface area contributed by atoms with Gasteiger partial charge in [-0.15, -0.1) is 0 Å². The average molecular weight is 290 g/mol. The summed E-state index contributed by atoms with van der Waals surface area (Å²) in [5.41, 5.74) is 7.76. The number of hydrogen-bond acceptors (Lipinski definition) is 4. The van der Waals surface area contributed by atoms with Crippen LogP contribution < -0.4 is 11.1 Å². The van der Waals surface area contributed by atoms with Crippen molar-refractivity contribution in [3.63, 3.8) is 0 Å². The molecule has 0 aliphatic carbocycles. The summed E-state index contributed by atoms with van der Waals surface area (Å²) in [5.74, 6) is 5.60. The molecule has 0 saturated heterocycles. The van der Waals surface area contributed by atoms with E-state index in [4.69, 9.17) is 15.2 Å². The zero-order valence-electron chi connectivity index (χ0n) is 12.7. The monoisotopic (exact) mass is 290 g/mol. The number of hydrogen-bond donors (Lipinski definition) is 2. The molecule has 0 radical (unpaired) electrons. The van der Waals surface area contributed by atoms with E-state index in [0.717, 1.165) is 11.1 Å². The van der Waals surface area contributed by atoms with Crippen LogP contribution in [0.15, 0.2) is 18.2 Å². The van der Waals surface area contributed by atoms with Gasteiger partial charge >= 0.3 is 0 Å². The van der Waals surface area contributed by atoms with Crippen molar-refractivity contribution in [3.8, 4) is 11.8 Å². The molecule has 0 fully saturated rings. The van der Waals surface area contributed by atoms with Crippen molar-refractivity contribution in [1.29, 1.82) is 0 Å². The van der Waals surface area contributed by atoms with Crippen LogP contribution in [0.25, 0.3) is 0 Å². The van der Waals surface area contributed by atoms with Gasteiger partial charge in [0.15, 0.2) is 0 Å². The highest BCUT2D eigenvalue weighted by molar-refractivity contribution is 5.94. The lowest BCUT2D eigenvalue weighted by Crippen LogP contribution is -2.35. The van der Waals surface area contributed by atoms with Crippen LogP contribution in [0.5, 0.6) is 0 Å². The van der Waals surface area contributed by atoms with Gasteiger partial charge in [0.25, 0.3) is 5.91 Å². The van der Waals surface area contributed by atoms with Crippen LogP contribution in [-0.2, 0) is 9.47 Å². The van der Waals surface area contributed by atoms with Gasteiger partial charge in [0, 0.05) is 31.9 Å². The van der Waals surface area contributed by atoms with Crippen molar-refractivity contribution < 1.29 is 14.3 Å². The quantitative estimate of drug-likeness (QED) is 0.756. The molecule has 1 amide bonds. The normalized spacial score (nSPS) is 11.4. The third-order valence-electron chi connectivity index (χ3n) is 3.00. The van der Waals surface area contributed by atoms with Gasteiger partial charge in [0.05, 0.1) is 19.3 Å². The van der Waals surface area contributed by atoms with Crippen molar-refractivity contribution >= 4 is 5.91 Å². The van der Waals surface area contributed by atoms with E-state index in [1.807, 2.05) is 13.0 Å². The molecule has 21 heavy (non-hydrogen) atoms. The molecule has 1 aromatic rings. The van der Waals surface area contributed by atoms with Gasteiger partial charge in [-0.25, -0.2) is 0 Å². The first-order valence-corrected chi connectivity index (χ1v) is 6.71. The van der Waals surface area contributed by atoms with E-state index < -0.39 is 0 Å². The van der Waals surface area contributed by atoms with Crippen LogP contribution in [0.3, 0.4) is 0 Å². The van der Waals surface area contributed by atoms with Crippen LogP contribution >= 0.6 is 0 Å². The summed E-state index contributed by atoms with van der Waals surface area (Å²) in [6, 6.07) is 5.42. The molecule has 5 heteroatoms. The van der Waals surface area contributed by atoms with Gasteiger partial charge < -0.3 is 20.5 Å². The molecule has 5 nitrogen and oxygen atoms in total. The van der Waals surface area contributed by atoms with Crippen LogP contribution in [-0.4, -0.2) is 45.9 Å². The van der Waals surface area contributed by atoms with Gasteiger partial charge in [0.1, 0.15) is 0 Å².